The first kappa shape index (κ1) is 12.0. The maximum Gasteiger partial charge on any atom is 0.426 e. The minimum atomic E-state index is -0.671. The molecule has 64 valence electrons. The van der Waals surface area contributed by atoms with Gasteiger partial charge in [0.15, 0.2) is 0 Å². The van der Waals surface area contributed by atoms with Crippen molar-refractivity contribution in [3.63, 3.8) is 0 Å². The molecule has 0 aromatic heterocycles. The molecule has 0 saturated carbocycles. The Labute approximate surface area is 84.0 Å². The third-order valence-electron chi connectivity index (χ3n) is 2.12. The smallest absolute Gasteiger partial charge is 0.426 e. The molecule has 0 aliphatic rings. The van der Waals surface area contributed by atoms with Gasteiger partial charge in [0.1, 0.15) is 0 Å². The minimum Gasteiger partial charge on any atom is -0.642 e. The molecule has 1 nitrogen and oxygen atoms in total. The number of hydrogen-bond donors (Lipinski definition) is 0. The summed E-state index contributed by atoms with van der Waals surface area (Å²) in [5.41, 5.74) is 0. The van der Waals surface area contributed by atoms with Gasteiger partial charge in [-0.05, 0) is 0 Å². The van der Waals surface area contributed by atoms with E-state index in [0.717, 1.165) is 16.6 Å². The third-order valence-corrected chi connectivity index (χ3v) is 6.56. The summed E-state index contributed by atoms with van der Waals surface area (Å²) in [4.78, 5) is 0. The Balaban J connectivity index is 2.89. The molecule has 0 aliphatic carbocycles. The van der Waals surface area contributed by atoms with Crippen molar-refractivity contribution in [2.75, 3.05) is 0 Å². The second kappa shape index (κ2) is 9.12. The van der Waals surface area contributed by atoms with E-state index in [4.69, 9.17) is 2.84 Å². The minimum absolute atomic E-state index is 0.671. The number of unbranched alkanes of at least 4 members (excludes halogenated alkanes) is 4. The molecule has 0 aromatic rings. The van der Waals surface area contributed by atoms with Crippen LogP contribution < -0.4 is 0 Å². The molecule has 0 fully saturated rings. The van der Waals surface area contributed by atoms with Crippen LogP contribution in [0.3, 0.4) is 0 Å². The molecular weight excluding hydrogens is 166 g/mol. The van der Waals surface area contributed by atoms with Gasteiger partial charge in [0.05, 0.1) is 0 Å². The lowest BCUT2D eigenvalue weighted by atomic mass is 10.2. The van der Waals surface area contributed by atoms with E-state index in [1.807, 2.05) is 0 Å². The standard InChI is InChI=1S/C7H15.CH3.2Al.O.2H/c1-3-5-7-6-4-2;;;;;;/h1,3-7H2,2H3;1H3;;;;;. The molecule has 0 bridgehead atoms. The highest BCUT2D eigenvalue weighted by Gasteiger charge is 2.07. The van der Waals surface area contributed by atoms with Gasteiger partial charge in [-0.2, -0.15) is 0 Å². The molecule has 0 unspecified atom stereocenters. The average molecular weight is 186 g/mol. The van der Waals surface area contributed by atoms with Crippen LogP contribution >= 0.6 is 0 Å². The van der Waals surface area contributed by atoms with Gasteiger partial charge in [-0.3, -0.25) is 0 Å². The van der Waals surface area contributed by atoms with E-state index < -0.39 is 14.5 Å². The van der Waals surface area contributed by atoms with E-state index in [1.54, 1.807) is 0 Å². The van der Waals surface area contributed by atoms with Crippen molar-refractivity contribution < 1.29 is 2.84 Å². The highest BCUT2D eigenvalue weighted by atomic mass is 27.2. The fourth-order valence-electron chi connectivity index (χ4n) is 1.15. The van der Waals surface area contributed by atoms with Crippen LogP contribution in [0.5, 0.6) is 0 Å². The highest BCUT2D eigenvalue weighted by molar-refractivity contribution is 6.54. The SMILES string of the molecule is CCCCCC[CH2][Al]([CH3])[O][AlH2]. The van der Waals surface area contributed by atoms with Crippen molar-refractivity contribution in [2.24, 2.45) is 0 Å². The molecule has 0 rings (SSSR count). The zero-order chi connectivity index (χ0) is 8.53. The Morgan fingerprint density at radius 3 is 2.36 bits per heavy atom. The first-order valence-electron chi connectivity index (χ1n) is 4.84. The van der Waals surface area contributed by atoms with Gasteiger partial charge in [0.25, 0.3) is 0 Å². The molecule has 0 N–H and O–H groups in total. The summed E-state index contributed by atoms with van der Waals surface area (Å²) in [7, 11) is 0. The molecule has 11 heavy (non-hydrogen) atoms. The lowest BCUT2D eigenvalue weighted by Crippen LogP contribution is -2.09. The number of rotatable bonds is 7. The van der Waals surface area contributed by atoms with Gasteiger partial charge in [0, 0.05) is 0 Å². The second-order valence-corrected chi connectivity index (χ2v) is 7.33. The maximum atomic E-state index is 5.43. The number of hydrogen-bond acceptors (Lipinski definition) is 1. The molecule has 0 amide bonds. The quantitative estimate of drug-likeness (QED) is 0.437. The Bertz CT molecular complexity index is 78.5. The van der Waals surface area contributed by atoms with Crippen LogP contribution in [0.1, 0.15) is 39.0 Å². The van der Waals surface area contributed by atoms with Gasteiger partial charge < -0.3 is 2.84 Å². The topological polar surface area (TPSA) is 9.23 Å². The summed E-state index contributed by atoms with van der Waals surface area (Å²) < 4.78 is 5.43. The van der Waals surface area contributed by atoms with E-state index in [1.165, 1.54) is 37.4 Å². The van der Waals surface area contributed by atoms with Gasteiger partial charge in [0.2, 0.25) is 0 Å². The monoisotopic (exact) mass is 186 g/mol. The predicted octanol–water partition coefficient (Wildman–Crippen LogP) is 2.14. The Hall–Kier alpha value is 1.02. The van der Waals surface area contributed by atoms with Gasteiger partial charge >= 0.3 is 31.1 Å². The molecule has 0 radical (unpaired) electrons. The Morgan fingerprint density at radius 2 is 1.82 bits per heavy atom. The summed E-state index contributed by atoms with van der Waals surface area (Å²) >= 11 is 0.283. The average Bonchev–Trinajstić information content (AvgIpc) is 2.04. The summed E-state index contributed by atoms with van der Waals surface area (Å²) in [6.07, 6.45) is 7.03. The first-order chi connectivity index (χ1) is 5.31. The van der Waals surface area contributed by atoms with Crippen molar-refractivity contribution in [3.05, 3.63) is 0 Å². The van der Waals surface area contributed by atoms with Crippen LogP contribution in [0.25, 0.3) is 0 Å². The summed E-state index contributed by atoms with van der Waals surface area (Å²) in [6, 6.07) is 0. The van der Waals surface area contributed by atoms with Crippen LogP contribution in [0.15, 0.2) is 0 Å². The van der Waals surface area contributed by atoms with Crippen molar-refractivity contribution in [1.29, 1.82) is 0 Å². The highest BCUT2D eigenvalue weighted by Crippen LogP contribution is 2.07. The summed E-state index contributed by atoms with van der Waals surface area (Å²) in [5, 5.41) is 1.40. The molecule has 3 heteroatoms. The van der Waals surface area contributed by atoms with Crippen molar-refractivity contribution >= 4 is 31.1 Å². The van der Waals surface area contributed by atoms with Gasteiger partial charge in [-0.15, -0.1) is 0 Å². The lowest BCUT2D eigenvalue weighted by Gasteiger charge is -2.04. The molecule has 0 heterocycles. The van der Waals surface area contributed by atoms with E-state index >= 15 is 0 Å². The van der Waals surface area contributed by atoms with Crippen molar-refractivity contribution in [2.45, 2.75) is 50.1 Å². The fraction of sp³-hybridized carbons (Fsp3) is 1.00. The lowest BCUT2D eigenvalue weighted by molar-refractivity contribution is 0.608. The third kappa shape index (κ3) is 8.94. The molecule has 0 saturated heterocycles. The molecular formula is C8H20Al2O. The second-order valence-electron chi connectivity index (χ2n) is 3.25. The fourth-order valence-corrected chi connectivity index (χ4v) is 2.96. The Kier molecular flexibility index (Phi) is 9.96. The van der Waals surface area contributed by atoms with Crippen LogP contribution in [0, 0.1) is 0 Å². The zero-order valence-electron chi connectivity index (χ0n) is 8.23. The zero-order valence-corrected chi connectivity index (χ0v) is 11.4. The van der Waals surface area contributed by atoms with Crippen LogP contribution in [0.4, 0.5) is 0 Å². The maximum absolute atomic E-state index is 5.43. The molecule has 0 aliphatic heterocycles. The summed E-state index contributed by atoms with van der Waals surface area (Å²) in [6.45, 7) is 2.26. The largest absolute Gasteiger partial charge is 0.642 e. The summed E-state index contributed by atoms with van der Waals surface area (Å²) in [5.74, 6) is 2.31. The molecule has 0 spiro atoms. The van der Waals surface area contributed by atoms with Crippen LogP contribution in [-0.4, -0.2) is 31.1 Å². The van der Waals surface area contributed by atoms with Gasteiger partial charge in [-0.25, -0.2) is 0 Å². The van der Waals surface area contributed by atoms with E-state index in [2.05, 4.69) is 12.7 Å². The molecule has 0 aromatic carbocycles. The Morgan fingerprint density at radius 1 is 1.18 bits per heavy atom. The van der Waals surface area contributed by atoms with Crippen LogP contribution in [-0.2, 0) is 2.84 Å². The van der Waals surface area contributed by atoms with E-state index in [-0.39, 0.29) is 0 Å². The van der Waals surface area contributed by atoms with E-state index in [0.29, 0.717) is 0 Å². The van der Waals surface area contributed by atoms with E-state index in [9.17, 15) is 0 Å². The molecule has 0 atom stereocenters. The normalized spacial score (nSPS) is 10.0. The van der Waals surface area contributed by atoms with Gasteiger partial charge in [-0.1, -0.05) is 50.1 Å². The predicted molar refractivity (Wildman–Crippen MR) is 54.8 cm³/mol. The first-order valence-corrected chi connectivity index (χ1v) is 8.10. The van der Waals surface area contributed by atoms with Crippen molar-refractivity contribution in [1.82, 2.24) is 0 Å². The van der Waals surface area contributed by atoms with Crippen molar-refractivity contribution in [3.8, 4) is 0 Å². The van der Waals surface area contributed by atoms with Crippen LogP contribution in [0.2, 0.25) is 11.1 Å².